The van der Waals surface area contributed by atoms with Gasteiger partial charge < -0.3 is 16.2 Å². The van der Waals surface area contributed by atoms with Crippen molar-refractivity contribution >= 4 is 5.91 Å². The van der Waals surface area contributed by atoms with Crippen LogP contribution in [0.1, 0.15) is 51.4 Å². The number of carbonyl (C=O) groups is 1. The molecule has 0 heterocycles. The van der Waals surface area contributed by atoms with E-state index in [1.54, 1.807) is 0 Å². The van der Waals surface area contributed by atoms with Crippen LogP contribution in [0, 0.1) is 5.92 Å². The van der Waals surface area contributed by atoms with Crippen molar-refractivity contribution in [3.8, 4) is 0 Å². The molecule has 0 aromatic rings. The highest BCUT2D eigenvalue weighted by atomic mass is 16.5. The first-order valence-electron chi connectivity index (χ1n) is 6.80. The first-order valence-corrected chi connectivity index (χ1v) is 6.80. The molecule has 2 fully saturated rings. The molecular weight excluding hydrogens is 216 g/mol. The lowest BCUT2D eigenvalue weighted by Gasteiger charge is -2.24. The molecule has 0 spiro atoms. The lowest BCUT2D eigenvalue weighted by atomic mass is 9.90. The number of primary amides is 1. The van der Waals surface area contributed by atoms with Crippen molar-refractivity contribution in [3.63, 3.8) is 0 Å². The van der Waals surface area contributed by atoms with Gasteiger partial charge in [0.2, 0.25) is 5.91 Å². The van der Waals surface area contributed by atoms with Crippen molar-refractivity contribution < 1.29 is 9.53 Å². The molecule has 2 aliphatic carbocycles. The summed E-state index contributed by atoms with van der Waals surface area (Å²) in [7, 11) is 0. The molecule has 4 N–H and O–H groups in total. The van der Waals surface area contributed by atoms with Gasteiger partial charge in [-0.3, -0.25) is 4.79 Å². The Labute approximate surface area is 103 Å². The minimum Gasteiger partial charge on any atom is -0.378 e. The molecule has 4 nitrogen and oxygen atoms in total. The molecule has 1 amide bonds. The first kappa shape index (κ1) is 12.8. The zero-order valence-electron chi connectivity index (χ0n) is 10.5. The molecule has 0 aromatic carbocycles. The van der Waals surface area contributed by atoms with Crippen molar-refractivity contribution in [2.45, 2.75) is 63.0 Å². The minimum absolute atomic E-state index is 0.134. The van der Waals surface area contributed by atoms with Crippen LogP contribution in [-0.4, -0.2) is 24.2 Å². The van der Waals surface area contributed by atoms with E-state index in [0.717, 1.165) is 13.0 Å². The molecule has 2 rings (SSSR count). The molecule has 2 atom stereocenters. The van der Waals surface area contributed by atoms with Crippen LogP contribution in [0.4, 0.5) is 0 Å². The smallest absolute Gasteiger partial charge is 0.237 e. The molecule has 0 bridgehead atoms. The molecule has 2 saturated carbocycles. The lowest BCUT2D eigenvalue weighted by molar-refractivity contribution is -0.123. The minimum atomic E-state index is -0.822. The molecular formula is C13H24N2O2. The molecule has 0 saturated heterocycles. The maximum Gasteiger partial charge on any atom is 0.237 e. The normalized spacial score (nSPS) is 35.0. The van der Waals surface area contributed by atoms with E-state index in [1.165, 1.54) is 32.1 Å². The fraction of sp³-hybridized carbons (Fsp3) is 0.923. The predicted molar refractivity (Wildman–Crippen MR) is 66.3 cm³/mol. The van der Waals surface area contributed by atoms with Crippen molar-refractivity contribution in [2.24, 2.45) is 17.4 Å². The van der Waals surface area contributed by atoms with E-state index in [9.17, 15) is 4.79 Å². The van der Waals surface area contributed by atoms with Crippen LogP contribution in [0.2, 0.25) is 0 Å². The Morgan fingerprint density at radius 1 is 1.24 bits per heavy atom. The van der Waals surface area contributed by atoms with Gasteiger partial charge in [0.05, 0.1) is 11.6 Å². The maximum absolute atomic E-state index is 11.2. The molecule has 98 valence electrons. The standard InChI is InChI=1S/C13H24N2O2/c14-12(16)13(15)7-6-11(8-13)17-9-10-4-2-1-3-5-10/h10-11H,1-9,15H2,(H2,14,16). The predicted octanol–water partition coefficient (Wildman–Crippen LogP) is 1.32. The summed E-state index contributed by atoms with van der Waals surface area (Å²) in [6.07, 6.45) is 8.87. The monoisotopic (exact) mass is 240 g/mol. The van der Waals surface area contributed by atoms with Gasteiger partial charge in [-0.05, 0) is 31.6 Å². The van der Waals surface area contributed by atoms with Gasteiger partial charge in [0.25, 0.3) is 0 Å². The lowest BCUT2D eigenvalue weighted by Crippen LogP contribution is -2.50. The van der Waals surface area contributed by atoms with E-state index >= 15 is 0 Å². The number of nitrogens with two attached hydrogens (primary N) is 2. The summed E-state index contributed by atoms with van der Waals surface area (Å²) in [5, 5.41) is 0. The van der Waals surface area contributed by atoms with Gasteiger partial charge in [0.1, 0.15) is 0 Å². The Morgan fingerprint density at radius 3 is 2.53 bits per heavy atom. The molecule has 2 unspecified atom stereocenters. The summed E-state index contributed by atoms with van der Waals surface area (Å²) in [4.78, 5) is 11.2. The van der Waals surface area contributed by atoms with E-state index < -0.39 is 5.54 Å². The van der Waals surface area contributed by atoms with Crippen molar-refractivity contribution in [3.05, 3.63) is 0 Å². The highest BCUT2D eigenvalue weighted by molar-refractivity contribution is 5.84. The SMILES string of the molecule is NC(=O)C1(N)CCC(OCC2CCCCC2)C1. The fourth-order valence-corrected chi connectivity index (χ4v) is 3.02. The number of hydrogen-bond donors (Lipinski definition) is 2. The Bertz CT molecular complexity index is 277. The Kier molecular flexibility index (Phi) is 4.05. The second kappa shape index (κ2) is 5.36. The Balaban J connectivity index is 1.72. The number of ether oxygens (including phenoxy) is 1. The van der Waals surface area contributed by atoms with E-state index in [4.69, 9.17) is 16.2 Å². The zero-order chi connectivity index (χ0) is 12.3. The van der Waals surface area contributed by atoms with Crippen LogP contribution < -0.4 is 11.5 Å². The van der Waals surface area contributed by atoms with Gasteiger partial charge in [-0.2, -0.15) is 0 Å². The van der Waals surface area contributed by atoms with E-state index in [-0.39, 0.29) is 12.0 Å². The molecule has 4 heteroatoms. The second-order valence-electron chi connectivity index (χ2n) is 5.72. The third-order valence-electron chi connectivity index (χ3n) is 4.29. The van der Waals surface area contributed by atoms with E-state index in [2.05, 4.69) is 0 Å². The van der Waals surface area contributed by atoms with Gasteiger partial charge in [-0.25, -0.2) is 0 Å². The van der Waals surface area contributed by atoms with Gasteiger partial charge in [0, 0.05) is 13.0 Å². The Hall–Kier alpha value is -0.610. The molecule has 17 heavy (non-hydrogen) atoms. The summed E-state index contributed by atoms with van der Waals surface area (Å²) in [6.45, 7) is 0.833. The van der Waals surface area contributed by atoms with Gasteiger partial charge >= 0.3 is 0 Å². The highest BCUT2D eigenvalue weighted by Crippen LogP contribution is 2.31. The van der Waals surface area contributed by atoms with Crippen LogP contribution in [0.5, 0.6) is 0 Å². The van der Waals surface area contributed by atoms with Gasteiger partial charge in [0.15, 0.2) is 0 Å². The van der Waals surface area contributed by atoms with Crippen LogP contribution in [0.3, 0.4) is 0 Å². The maximum atomic E-state index is 11.2. The molecule has 0 aliphatic heterocycles. The highest BCUT2D eigenvalue weighted by Gasteiger charge is 2.41. The van der Waals surface area contributed by atoms with Crippen LogP contribution >= 0.6 is 0 Å². The second-order valence-corrected chi connectivity index (χ2v) is 5.72. The molecule has 0 radical (unpaired) electrons. The summed E-state index contributed by atoms with van der Waals surface area (Å²) < 4.78 is 5.90. The third-order valence-corrected chi connectivity index (χ3v) is 4.29. The quantitative estimate of drug-likeness (QED) is 0.778. The van der Waals surface area contributed by atoms with Crippen molar-refractivity contribution in [1.82, 2.24) is 0 Å². The summed E-state index contributed by atoms with van der Waals surface area (Å²) in [5.41, 5.74) is 10.4. The van der Waals surface area contributed by atoms with Crippen molar-refractivity contribution in [2.75, 3.05) is 6.61 Å². The average Bonchev–Trinajstić information content (AvgIpc) is 2.72. The van der Waals surface area contributed by atoms with Crippen LogP contribution in [-0.2, 0) is 9.53 Å². The van der Waals surface area contributed by atoms with Gasteiger partial charge in [-0.1, -0.05) is 19.3 Å². The number of rotatable bonds is 4. The Morgan fingerprint density at radius 2 is 1.94 bits per heavy atom. The van der Waals surface area contributed by atoms with Crippen LogP contribution in [0.15, 0.2) is 0 Å². The van der Waals surface area contributed by atoms with Crippen LogP contribution in [0.25, 0.3) is 0 Å². The molecule has 2 aliphatic rings. The first-order chi connectivity index (χ1) is 8.10. The zero-order valence-corrected chi connectivity index (χ0v) is 10.5. The summed E-state index contributed by atoms with van der Waals surface area (Å²) >= 11 is 0. The summed E-state index contributed by atoms with van der Waals surface area (Å²) in [5.74, 6) is 0.325. The van der Waals surface area contributed by atoms with E-state index in [1.807, 2.05) is 0 Å². The van der Waals surface area contributed by atoms with E-state index in [0.29, 0.717) is 18.8 Å². The topological polar surface area (TPSA) is 78.3 Å². The average molecular weight is 240 g/mol. The third kappa shape index (κ3) is 3.19. The van der Waals surface area contributed by atoms with Gasteiger partial charge in [-0.15, -0.1) is 0 Å². The number of carbonyl (C=O) groups excluding carboxylic acids is 1. The van der Waals surface area contributed by atoms with Crippen molar-refractivity contribution in [1.29, 1.82) is 0 Å². The number of hydrogen-bond acceptors (Lipinski definition) is 3. The number of amides is 1. The fourth-order valence-electron chi connectivity index (χ4n) is 3.02. The summed E-state index contributed by atoms with van der Waals surface area (Å²) in [6, 6.07) is 0. The largest absolute Gasteiger partial charge is 0.378 e. The molecule has 0 aromatic heterocycles.